The Morgan fingerprint density at radius 3 is 2.60 bits per heavy atom. The van der Waals surface area contributed by atoms with Crippen molar-refractivity contribution in [1.29, 1.82) is 0 Å². The number of urea groups is 1. The zero-order valence-electron chi connectivity index (χ0n) is 10.8. The smallest absolute Gasteiger partial charge is 0.321 e. The molecule has 20 heavy (non-hydrogen) atoms. The van der Waals surface area contributed by atoms with E-state index in [4.69, 9.17) is 5.11 Å². The van der Waals surface area contributed by atoms with Crippen molar-refractivity contribution in [3.8, 4) is 0 Å². The fourth-order valence-electron chi connectivity index (χ4n) is 2.24. The summed E-state index contributed by atoms with van der Waals surface area (Å²) in [5.41, 5.74) is 0.657. The van der Waals surface area contributed by atoms with E-state index in [1.165, 1.54) is 4.90 Å². The first-order valence-corrected chi connectivity index (χ1v) is 7.71. The van der Waals surface area contributed by atoms with Crippen molar-refractivity contribution >= 4 is 49.5 Å². The Labute approximate surface area is 133 Å². The SMILES string of the molecule is CC1CN(C(=O)Nc2ccc(Br)cc2Br)CC1C(=O)O. The Morgan fingerprint density at radius 1 is 1.35 bits per heavy atom. The van der Waals surface area contributed by atoms with Gasteiger partial charge >= 0.3 is 12.0 Å². The minimum Gasteiger partial charge on any atom is -0.481 e. The Bertz CT molecular complexity index is 550. The summed E-state index contributed by atoms with van der Waals surface area (Å²) < 4.78 is 1.67. The van der Waals surface area contributed by atoms with E-state index in [-0.39, 0.29) is 18.5 Å². The van der Waals surface area contributed by atoms with Crippen LogP contribution in [-0.4, -0.2) is 35.1 Å². The highest BCUT2D eigenvalue weighted by atomic mass is 79.9. The number of benzene rings is 1. The van der Waals surface area contributed by atoms with Crippen molar-refractivity contribution in [1.82, 2.24) is 4.90 Å². The van der Waals surface area contributed by atoms with Gasteiger partial charge in [-0.15, -0.1) is 0 Å². The molecule has 1 saturated heterocycles. The number of anilines is 1. The van der Waals surface area contributed by atoms with Crippen LogP contribution in [0.15, 0.2) is 27.1 Å². The normalized spacial score (nSPS) is 21.9. The zero-order valence-corrected chi connectivity index (χ0v) is 13.9. The Balaban J connectivity index is 2.04. The van der Waals surface area contributed by atoms with Crippen molar-refractivity contribution in [3.05, 3.63) is 27.1 Å². The van der Waals surface area contributed by atoms with Crippen LogP contribution in [0.25, 0.3) is 0 Å². The first-order chi connectivity index (χ1) is 9.38. The highest BCUT2D eigenvalue weighted by Gasteiger charge is 2.37. The lowest BCUT2D eigenvalue weighted by Gasteiger charge is -2.17. The standard InChI is InChI=1S/C13H14Br2N2O3/c1-7-5-17(6-9(7)12(18)19)13(20)16-11-3-2-8(14)4-10(11)15/h2-4,7,9H,5-6H2,1H3,(H,16,20)(H,18,19). The van der Waals surface area contributed by atoms with E-state index in [2.05, 4.69) is 37.2 Å². The van der Waals surface area contributed by atoms with Gasteiger partial charge in [0.15, 0.2) is 0 Å². The van der Waals surface area contributed by atoms with Gasteiger partial charge in [-0.1, -0.05) is 22.9 Å². The van der Waals surface area contributed by atoms with Crippen molar-refractivity contribution in [2.45, 2.75) is 6.92 Å². The molecule has 1 aliphatic rings. The minimum absolute atomic E-state index is 0.0355. The number of halogens is 2. The van der Waals surface area contributed by atoms with E-state index in [1.54, 1.807) is 6.07 Å². The number of hydrogen-bond acceptors (Lipinski definition) is 2. The third-order valence-corrected chi connectivity index (χ3v) is 4.54. The van der Waals surface area contributed by atoms with E-state index in [9.17, 15) is 9.59 Å². The largest absolute Gasteiger partial charge is 0.481 e. The van der Waals surface area contributed by atoms with Crippen LogP contribution < -0.4 is 5.32 Å². The fraction of sp³-hybridized carbons (Fsp3) is 0.385. The van der Waals surface area contributed by atoms with Gasteiger partial charge in [-0.3, -0.25) is 4.79 Å². The van der Waals surface area contributed by atoms with Crippen LogP contribution in [0, 0.1) is 11.8 Å². The van der Waals surface area contributed by atoms with E-state index < -0.39 is 11.9 Å². The molecule has 1 fully saturated rings. The van der Waals surface area contributed by atoms with Crippen LogP contribution in [0.2, 0.25) is 0 Å². The lowest BCUT2D eigenvalue weighted by Crippen LogP contribution is -2.33. The number of rotatable bonds is 2. The van der Waals surface area contributed by atoms with Crippen LogP contribution in [-0.2, 0) is 4.79 Å². The van der Waals surface area contributed by atoms with Gasteiger partial charge in [0.1, 0.15) is 0 Å². The van der Waals surface area contributed by atoms with Crippen molar-refractivity contribution < 1.29 is 14.7 Å². The number of hydrogen-bond donors (Lipinski definition) is 2. The molecule has 2 unspecified atom stereocenters. The summed E-state index contributed by atoms with van der Waals surface area (Å²) >= 11 is 6.72. The maximum absolute atomic E-state index is 12.2. The number of carbonyl (C=O) groups excluding carboxylic acids is 1. The van der Waals surface area contributed by atoms with Gasteiger partial charge < -0.3 is 15.3 Å². The second kappa shape index (κ2) is 6.13. The summed E-state index contributed by atoms with van der Waals surface area (Å²) in [6.45, 7) is 2.55. The van der Waals surface area contributed by atoms with Crippen molar-refractivity contribution in [3.63, 3.8) is 0 Å². The van der Waals surface area contributed by atoms with E-state index in [0.717, 1.165) is 8.95 Å². The molecule has 2 amide bonds. The first kappa shape index (κ1) is 15.3. The lowest BCUT2D eigenvalue weighted by atomic mass is 9.99. The minimum atomic E-state index is -0.849. The van der Waals surface area contributed by atoms with Crippen LogP contribution in [0.1, 0.15) is 6.92 Å². The highest BCUT2D eigenvalue weighted by molar-refractivity contribution is 9.11. The van der Waals surface area contributed by atoms with E-state index >= 15 is 0 Å². The van der Waals surface area contributed by atoms with E-state index in [0.29, 0.717) is 12.2 Å². The molecule has 0 bridgehead atoms. The third-order valence-electron chi connectivity index (χ3n) is 3.39. The predicted octanol–water partition coefficient (Wildman–Crippen LogP) is 3.40. The molecule has 0 radical (unpaired) electrons. The van der Waals surface area contributed by atoms with Crippen molar-refractivity contribution in [2.75, 3.05) is 18.4 Å². The summed E-state index contributed by atoms with van der Waals surface area (Å²) in [6, 6.07) is 5.17. The first-order valence-electron chi connectivity index (χ1n) is 6.12. The monoisotopic (exact) mass is 404 g/mol. The number of nitrogens with one attached hydrogen (secondary N) is 1. The molecule has 2 atom stereocenters. The number of carbonyl (C=O) groups is 2. The molecule has 1 heterocycles. The highest BCUT2D eigenvalue weighted by Crippen LogP contribution is 2.28. The molecule has 0 spiro atoms. The molecule has 0 aromatic heterocycles. The molecule has 1 aliphatic heterocycles. The fourth-order valence-corrected chi connectivity index (χ4v) is 3.39. The number of aliphatic carboxylic acids is 1. The van der Waals surface area contributed by atoms with Gasteiger partial charge in [0.05, 0.1) is 11.6 Å². The number of likely N-dealkylation sites (tertiary alicyclic amines) is 1. The van der Waals surface area contributed by atoms with Crippen LogP contribution in [0.5, 0.6) is 0 Å². The Hall–Kier alpha value is -1.08. The predicted molar refractivity (Wildman–Crippen MR) is 82.7 cm³/mol. The number of carboxylic acid groups (broad SMARTS) is 1. The van der Waals surface area contributed by atoms with Crippen LogP contribution >= 0.6 is 31.9 Å². The van der Waals surface area contributed by atoms with Gasteiger partial charge in [-0.05, 0) is 40.0 Å². The molecule has 7 heteroatoms. The topological polar surface area (TPSA) is 69.6 Å². The maximum atomic E-state index is 12.2. The second-order valence-electron chi connectivity index (χ2n) is 4.88. The molecule has 0 saturated carbocycles. The molecule has 1 aromatic rings. The van der Waals surface area contributed by atoms with Crippen LogP contribution in [0.3, 0.4) is 0 Å². The molecule has 5 nitrogen and oxygen atoms in total. The van der Waals surface area contributed by atoms with Gasteiger partial charge in [-0.25, -0.2) is 4.79 Å². The van der Waals surface area contributed by atoms with Gasteiger partial charge in [0, 0.05) is 22.0 Å². The summed E-state index contributed by atoms with van der Waals surface area (Å²) in [7, 11) is 0. The lowest BCUT2D eigenvalue weighted by molar-refractivity contribution is -0.142. The zero-order chi connectivity index (χ0) is 14.9. The van der Waals surface area contributed by atoms with Crippen LogP contribution in [0.4, 0.5) is 10.5 Å². The third kappa shape index (κ3) is 3.32. The summed E-state index contributed by atoms with van der Waals surface area (Å²) in [5, 5.41) is 11.9. The summed E-state index contributed by atoms with van der Waals surface area (Å²) in [6.07, 6.45) is 0. The Kier molecular flexibility index (Phi) is 4.70. The number of carboxylic acids is 1. The number of amides is 2. The maximum Gasteiger partial charge on any atom is 0.321 e. The molecule has 2 rings (SSSR count). The Morgan fingerprint density at radius 2 is 2.05 bits per heavy atom. The quantitative estimate of drug-likeness (QED) is 0.792. The molecule has 108 valence electrons. The van der Waals surface area contributed by atoms with Gasteiger partial charge in [-0.2, -0.15) is 0 Å². The average Bonchev–Trinajstić information content (AvgIpc) is 2.75. The number of nitrogens with zero attached hydrogens (tertiary/aromatic N) is 1. The molecule has 1 aromatic carbocycles. The molecular weight excluding hydrogens is 392 g/mol. The van der Waals surface area contributed by atoms with Gasteiger partial charge in [0.25, 0.3) is 0 Å². The average molecular weight is 406 g/mol. The summed E-state index contributed by atoms with van der Waals surface area (Å²) in [4.78, 5) is 24.8. The molecule has 2 N–H and O–H groups in total. The molecular formula is C13H14Br2N2O3. The van der Waals surface area contributed by atoms with E-state index in [1.807, 2.05) is 19.1 Å². The summed E-state index contributed by atoms with van der Waals surface area (Å²) in [5.74, 6) is -1.38. The second-order valence-corrected chi connectivity index (χ2v) is 6.65. The molecule has 0 aliphatic carbocycles. The van der Waals surface area contributed by atoms with Crippen molar-refractivity contribution in [2.24, 2.45) is 11.8 Å². The van der Waals surface area contributed by atoms with Gasteiger partial charge in [0.2, 0.25) is 0 Å².